The number of aromatic nitrogens is 2. The number of anilines is 1. The quantitative estimate of drug-likeness (QED) is 0.844. The van der Waals surface area contributed by atoms with Crippen molar-refractivity contribution < 1.29 is 0 Å². The molecule has 0 amide bonds. The van der Waals surface area contributed by atoms with Crippen molar-refractivity contribution in [2.24, 2.45) is 5.92 Å². The van der Waals surface area contributed by atoms with Gasteiger partial charge in [0.05, 0.1) is 6.54 Å². The first-order valence-electron chi connectivity index (χ1n) is 6.20. The molecule has 1 aromatic rings. The fourth-order valence-electron chi connectivity index (χ4n) is 2.47. The van der Waals surface area contributed by atoms with Gasteiger partial charge in [-0.15, -0.1) is 0 Å². The summed E-state index contributed by atoms with van der Waals surface area (Å²) in [7, 11) is 0. The van der Waals surface area contributed by atoms with E-state index in [0.717, 1.165) is 19.0 Å². The van der Waals surface area contributed by atoms with Crippen LogP contribution >= 0.6 is 0 Å². The summed E-state index contributed by atoms with van der Waals surface area (Å²) in [5.41, 5.74) is 5.59. The minimum Gasteiger partial charge on any atom is -0.382 e. The summed E-state index contributed by atoms with van der Waals surface area (Å²) in [5.74, 6) is 1.43. The molecule has 0 spiro atoms. The summed E-state index contributed by atoms with van der Waals surface area (Å²) in [6, 6.07) is 2.55. The summed E-state index contributed by atoms with van der Waals surface area (Å²) in [6.45, 7) is 7.92. The fraction of sp³-hybridized carbons (Fsp3) is 0.750. The zero-order valence-corrected chi connectivity index (χ0v) is 10.3. The van der Waals surface area contributed by atoms with Crippen molar-refractivity contribution in [2.45, 2.75) is 39.3 Å². The van der Waals surface area contributed by atoms with Gasteiger partial charge in [-0.3, -0.25) is 9.58 Å². The summed E-state index contributed by atoms with van der Waals surface area (Å²) < 4.78 is 1.93. The highest BCUT2D eigenvalue weighted by Gasteiger charge is 2.23. The van der Waals surface area contributed by atoms with Crippen molar-refractivity contribution in [3.8, 4) is 0 Å². The molecule has 16 heavy (non-hydrogen) atoms. The van der Waals surface area contributed by atoms with E-state index in [0.29, 0.717) is 11.9 Å². The third-order valence-electron chi connectivity index (χ3n) is 3.78. The first-order chi connectivity index (χ1) is 7.66. The molecule has 1 aliphatic heterocycles. The van der Waals surface area contributed by atoms with Crippen LogP contribution in [0.5, 0.6) is 0 Å². The number of piperidine rings is 1. The van der Waals surface area contributed by atoms with Crippen LogP contribution in [0.15, 0.2) is 12.3 Å². The molecule has 1 aromatic heterocycles. The molecule has 90 valence electrons. The maximum Gasteiger partial charge on any atom is 0.145 e. The van der Waals surface area contributed by atoms with Gasteiger partial charge in [0.25, 0.3) is 0 Å². The first-order valence-corrected chi connectivity index (χ1v) is 6.20. The average molecular weight is 222 g/mol. The largest absolute Gasteiger partial charge is 0.382 e. The molecule has 1 saturated heterocycles. The molecule has 0 radical (unpaired) electrons. The number of likely N-dealkylation sites (tertiary alicyclic amines) is 1. The Morgan fingerprint density at radius 1 is 1.44 bits per heavy atom. The molecule has 2 atom stereocenters. The van der Waals surface area contributed by atoms with Gasteiger partial charge in [-0.05, 0) is 38.3 Å². The number of rotatable bonds is 3. The smallest absolute Gasteiger partial charge is 0.145 e. The Kier molecular flexibility index (Phi) is 3.49. The zero-order chi connectivity index (χ0) is 11.5. The second-order valence-electron chi connectivity index (χ2n) is 4.90. The maximum absolute atomic E-state index is 5.59. The van der Waals surface area contributed by atoms with Crippen molar-refractivity contribution in [1.29, 1.82) is 0 Å². The van der Waals surface area contributed by atoms with Crippen LogP contribution in [-0.2, 0) is 6.54 Å². The Morgan fingerprint density at radius 2 is 2.25 bits per heavy atom. The second-order valence-corrected chi connectivity index (χ2v) is 4.90. The molecule has 4 nitrogen and oxygen atoms in total. The van der Waals surface area contributed by atoms with Gasteiger partial charge in [-0.25, -0.2) is 0 Å². The molecule has 0 bridgehead atoms. The van der Waals surface area contributed by atoms with E-state index in [1.54, 1.807) is 0 Å². The average Bonchev–Trinajstić information content (AvgIpc) is 2.67. The number of nitrogens with two attached hydrogens (primary N) is 1. The van der Waals surface area contributed by atoms with E-state index in [2.05, 4.69) is 23.8 Å². The van der Waals surface area contributed by atoms with Gasteiger partial charge in [0, 0.05) is 18.8 Å². The lowest BCUT2D eigenvalue weighted by Gasteiger charge is -2.37. The molecule has 2 N–H and O–H groups in total. The minimum atomic E-state index is 0.611. The van der Waals surface area contributed by atoms with Gasteiger partial charge in [0.15, 0.2) is 0 Å². The minimum absolute atomic E-state index is 0.611. The van der Waals surface area contributed by atoms with E-state index in [1.807, 2.05) is 16.9 Å². The number of nitrogen functional groups attached to an aromatic ring is 1. The van der Waals surface area contributed by atoms with Crippen LogP contribution in [0.2, 0.25) is 0 Å². The third-order valence-corrected chi connectivity index (χ3v) is 3.78. The van der Waals surface area contributed by atoms with Gasteiger partial charge >= 0.3 is 0 Å². The van der Waals surface area contributed by atoms with Gasteiger partial charge < -0.3 is 5.73 Å². The highest BCUT2D eigenvalue weighted by Crippen LogP contribution is 2.22. The van der Waals surface area contributed by atoms with Gasteiger partial charge in [-0.1, -0.05) is 6.92 Å². The highest BCUT2D eigenvalue weighted by atomic mass is 15.3. The van der Waals surface area contributed by atoms with Crippen molar-refractivity contribution in [1.82, 2.24) is 14.7 Å². The van der Waals surface area contributed by atoms with Crippen LogP contribution in [0.1, 0.15) is 26.7 Å². The molecule has 1 fully saturated rings. The van der Waals surface area contributed by atoms with Crippen molar-refractivity contribution in [3.63, 3.8) is 0 Å². The van der Waals surface area contributed by atoms with E-state index in [9.17, 15) is 0 Å². The third kappa shape index (κ3) is 2.55. The predicted molar refractivity (Wildman–Crippen MR) is 66.1 cm³/mol. The fourth-order valence-corrected chi connectivity index (χ4v) is 2.47. The first kappa shape index (κ1) is 11.5. The van der Waals surface area contributed by atoms with Gasteiger partial charge in [-0.2, -0.15) is 5.10 Å². The Bertz CT molecular complexity index is 334. The monoisotopic (exact) mass is 222 g/mol. The number of nitrogens with zero attached hydrogens (tertiary/aromatic N) is 3. The van der Waals surface area contributed by atoms with Crippen LogP contribution in [0.25, 0.3) is 0 Å². The second kappa shape index (κ2) is 4.87. The van der Waals surface area contributed by atoms with Crippen molar-refractivity contribution >= 4 is 5.82 Å². The van der Waals surface area contributed by atoms with Gasteiger partial charge in [0.1, 0.15) is 5.82 Å². The molecular formula is C12H22N4. The van der Waals surface area contributed by atoms with Gasteiger partial charge in [0.2, 0.25) is 0 Å². The summed E-state index contributed by atoms with van der Waals surface area (Å²) >= 11 is 0. The molecule has 2 heterocycles. The Balaban J connectivity index is 1.85. The summed E-state index contributed by atoms with van der Waals surface area (Å²) in [6.07, 6.45) is 4.65. The van der Waals surface area contributed by atoms with Crippen molar-refractivity contribution in [3.05, 3.63) is 12.3 Å². The predicted octanol–water partition coefficient (Wildman–Crippen LogP) is 1.59. The Hall–Kier alpha value is -1.03. The molecule has 1 aliphatic rings. The topological polar surface area (TPSA) is 47.1 Å². The van der Waals surface area contributed by atoms with E-state index >= 15 is 0 Å². The van der Waals surface area contributed by atoms with Crippen molar-refractivity contribution in [2.75, 3.05) is 18.8 Å². The van der Waals surface area contributed by atoms with Crippen LogP contribution in [0, 0.1) is 5.92 Å². The van der Waals surface area contributed by atoms with Crippen LogP contribution in [-0.4, -0.2) is 33.8 Å². The molecule has 4 heteroatoms. The Morgan fingerprint density at radius 3 is 2.94 bits per heavy atom. The molecule has 0 saturated carbocycles. The van der Waals surface area contributed by atoms with Crippen LogP contribution in [0.3, 0.4) is 0 Å². The lowest BCUT2D eigenvalue weighted by Crippen LogP contribution is -2.43. The van der Waals surface area contributed by atoms with E-state index in [4.69, 9.17) is 5.73 Å². The zero-order valence-electron chi connectivity index (χ0n) is 10.3. The molecular weight excluding hydrogens is 200 g/mol. The number of hydrogen-bond acceptors (Lipinski definition) is 3. The van der Waals surface area contributed by atoms with E-state index in [-0.39, 0.29) is 0 Å². The van der Waals surface area contributed by atoms with Crippen LogP contribution in [0.4, 0.5) is 5.82 Å². The van der Waals surface area contributed by atoms with E-state index in [1.165, 1.54) is 19.4 Å². The molecule has 2 unspecified atom stereocenters. The molecule has 0 aromatic carbocycles. The van der Waals surface area contributed by atoms with E-state index < -0.39 is 0 Å². The normalized spacial score (nSPS) is 27.1. The number of hydrogen-bond donors (Lipinski definition) is 1. The lowest BCUT2D eigenvalue weighted by molar-refractivity contribution is 0.108. The Labute approximate surface area is 97.4 Å². The maximum atomic E-state index is 5.59. The SMILES string of the molecule is CC1CCCN(CCn2ccc(N)n2)C1C. The lowest BCUT2D eigenvalue weighted by atomic mass is 9.92. The summed E-state index contributed by atoms with van der Waals surface area (Å²) in [4.78, 5) is 2.56. The summed E-state index contributed by atoms with van der Waals surface area (Å²) in [5, 5.41) is 4.21. The highest BCUT2D eigenvalue weighted by molar-refractivity contribution is 5.23. The molecule has 2 rings (SSSR count). The molecule has 0 aliphatic carbocycles. The standard InChI is InChI=1S/C12H22N4/c1-10-4-3-6-15(11(10)2)8-9-16-7-5-12(13)14-16/h5,7,10-11H,3-4,6,8-9H2,1-2H3,(H2,13,14). The van der Waals surface area contributed by atoms with Crippen LogP contribution < -0.4 is 5.73 Å².